The predicted molar refractivity (Wildman–Crippen MR) is 111 cm³/mol. The van der Waals surface area contributed by atoms with Crippen molar-refractivity contribution < 1.29 is 13.2 Å². The first kappa shape index (κ1) is 19.6. The topological polar surface area (TPSA) is 84.3 Å². The van der Waals surface area contributed by atoms with Crippen LogP contribution in [0, 0.1) is 0 Å². The summed E-state index contributed by atoms with van der Waals surface area (Å²) in [5.41, 5.74) is 2.65. The summed E-state index contributed by atoms with van der Waals surface area (Å²) >= 11 is 3.52. The molecule has 1 spiro atoms. The lowest BCUT2D eigenvalue weighted by Crippen LogP contribution is -2.46. The van der Waals surface area contributed by atoms with Crippen LogP contribution in [-0.4, -0.2) is 54.1 Å². The summed E-state index contributed by atoms with van der Waals surface area (Å²) in [6, 6.07) is 5.98. The highest BCUT2D eigenvalue weighted by atomic mass is 79.9. The quantitative estimate of drug-likeness (QED) is 0.729. The number of piperidine rings is 1. The number of halogens is 1. The molecule has 3 heterocycles. The van der Waals surface area contributed by atoms with Crippen LogP contribution >= 0.6 is 15.9 Å². The molecule has 1 saturated heterocycles. The van der Waals surface area contributed by atoms with Crippen molar-refractivity contribution in [1.82, 2.24) is 14.7 Å². The molecule has 0 atom stereocenters. The van der Waals surface area contributed by atoms with Gasteiger partial charge in [-0.3, -0.25) is 14.4 Å². The van der Waals surface area contributed by atoms with Crippen molar-refractivity contribution in [1.29, 1.82) is 0 Å². The van der Waals surface area contributed by atoms with E-state index in [9.17, 15) is 13.2 Å². The van der Waals surface area contributed by atoms with Gasteiger partial charge in [-0.2, -0.15) is 5.10 Å². The van der Waals surface area contributed by atoms with Gasteiger partial charge in [0.25, 0.3) is 0 Å². The number of aryl methyl sites for hydroxylation is 1. The molecular formula is C19H23BrN4O3S. The van der Waals surface area contributed by atoms with E-state index in [1.54, 1.807) is 10.9 Å². The van der Waals surface area contributed by atoms with Crippen LogP contribution in [0.4, 0.5) is 5.69 Å². The largest absolute Gasteiger partial charge is 0.325 e. The van der Waals surface area contributed by atoms with Crippen LogP contribution in [0.25, 0.3) is 0 Å². The third-order valence-corrected chi connectivity index (χ3v) is 7.09. The van der Waals surface area contributed by atoms with Crippen molar-refractivity contribution in [3.05, 3.63) is 46.2 Å². The molecule has 9 heteroatoms. The minimum atomic E-state index is -3.00. The number of likely N-dealkylation sites (tertiary alicyclic amines) is 1. The fourth-order valence-corrected chi connectivity index (χ4v) is 4.98. The van der Waals surface area contributed by atoms with Crippen molar-refractivity contribution in [3.8, 4) is 0 Å². The Hall–Kier alpha value is -1.71. The van der Waals surface area contributed by atoms with Gasteiger partial charge >= 0.3 is 0 Å². The van der Waals surface area contributed by atoms with E-state index in [-0.39, 0.29) is 11.7 Å². The number of carbonyl (C=O) groups is 1. The molecule has 1 aromatic heterocycles. The van der Waals surface area contributed by atoms with Crippen molar-refractivity contribution in [2.75, 3.05) is 30.4 Å². The van der Waals surface area contributed by atoms with Gasteiger partial charge in [-0.25, -0.2) is 8.42 Å². The molecule has 1 aromatic carbocycles. The Balaban J connectivity index is 1.40. The van der Waals surface area contributed by atoms with E-state index in [1.165, 1.54) is 6.26 Å². The number of fused-ring (bicyclic) bond motifs is 2. The van der Waals surface area contributed by atoms with Gasteiger partial charge in [0.15, 0.2) is 0 Å². The number of anilines is 1. The maximum atomic E-state index is 12.7. The lowest BCUT2D eigenvalue weighted by Gasteiger charge is -2.37. The molecule has 0 radical (unpaired) electrons. The van der Waals surface area contributed by atoms with Gasteiger partial charge < -0.3 is 5.32 Å². The predicted octanol–water partition coefficient (Wildman–Crippen LogP) is 2.18. The molecule has 1 N–H and O–H groups in total. The second-order valence-corrected chi connectivity index (χ2v) is 10.9. The SMILES string of the molecule is CS(=O)(=O)CCn1cc(CN2CCC3(CC2)C(=O)Nc2ccc(Br)cc23)cn1. The van der Waals surface area contributed by atoms with Gasteiger partial charge in [0, 0.05) is 34.7 Å². The number of carbonyl (C=O) groups excluding carboxylic acids is 1. The smallest absolute Gasteiger partial charge is 0.235 e. The monoisotopic (exact) mass is 466 g/mol. The summed E-state index contributed by atoms with van der Waals surface area (Å²) in [6.45, 7) is 2.78. The standard InChI is InChI=1S/C19H23BrN4O3S/c1-28(26,27)9-8-24-13-14(11-21-24)12-23-6-4-19(5-7-23)16-10-15(20)2-3-17(16)22-18(19)25/h2-3,10-11,13H,4-9,12H2,1H3,(H,22,25). The summed E-state index contributed by atoms with van der Waals surface area (Å²) < 4.78 is 25.3. The first-order valence-electron chi connectivity index (χ1n) is 9.28. The zero-order chi connectivity index (χ0) is 19.9. The maximum Gasteiger partial charge on any atom is 0.235 e. The summed E-state index contributed by atoms with van der Waals surface area (Å²) in [5.74, 6) is 0.193. The minimum Gasteiger partial charge on any atom is -0.325 e. The number of hydrogen-bond donors (Lipinski definition) is 1. The lowest BCUT2D eigenvalue weighted by molar-refractivity contribution is -0.122. The normalized spacial score (nSPS) is 19.0. The number of rotatable bonds is 5. The Morgan fingerprint density at radius 3 is 2.75 bits per heavy atom. The third-order valence-electron chi connectivity index (χ3n) is 5.67. The molecule has 2 aliphatic rings. The van der Waals surface area contributed by atoms with Gasteiger partial charge in [0.2, 0.25) is 5.91 Å². The summed E-state index contributed by atoms with van der Waals surface area (Å²) in [5, 5.41) is 7.30. The lowest BCUT2D eigenvalue weighted by atomic mass is 9.73. The van der Waals surface area contributed by atoms with E-state index in [2.05, 4.69) is 37.3 Å². The minimum absolute atomic E-state index is 0.0877. The zero-order valence-corrected chi connectivity index (χ0v) is 18.1. The van der Waals surface area contributed by atoms with Gasteiger partial charge in [-0.1, -0.05) is 15.9 Å². The molecule has 0 bridgehead atoms. The highest BCUT2D eigenvalue weighted by Crippen LogP contribution is 2.45. The molecule has 2 aromatic rings. The van der Waals surface area contributed by atoms with E-state index >= 15 is 0 Å². The van der Waals surface area contributed by atoms with Crippen LogP contribution in [0.3, 0.4) is 0 Å². The van der Waals surface area contributed by atoms with Crippen LogP contribution in [0.5, 0.6) is 0 Å². The highest BCUT2D eigenvalue weighted by molar-refractivity contribution is 9.10. The van der Waals surface area contributed by atoms with E-state index in [4.69, 9.17) is 0 Å². The van der Waals surface area contributed by atoms with Crippen molar-refractivity contribution in [2.45, 2.75) is 31.3 Å². The van der Waals surface area contributed by atoms with Crippen LogP contribution < -0.4 is 5.32 Å². The number of nitrogens with one attached hydrogen (secondary N) is 1. The maximum absolute atomic E-state index is 12.7. The van der Waals surface area contributed by atoms with Gasteiger partial charge in [-0.05, 0) is 49.7 Å². The average Bonchev–Trinajstić information content (AvgIpc) is 3.18. The first-order valence-corrected chi connectivity index (χ1v) is 12.1. The van der Waals surface area contributed by atoms with E-state index in [1.807, 2.05) is 18.3 Å². The van der Waals surface area contributed by atoms with Crippen LogP contribution in [0.15, 0.2) is 35.1 Å². The summed E-state index contributed by atoms with van der Waals surface area (Å²) in [6.07, 6.45) is 6.50. The van der Waals surface area contributed by atoms with E-state index in [0.29, 0.717) is 6.54 Å². The molecule has 0 unspecified atom stereocenters. The Labute approximate surface area is 173 Å². The van der Waals surface area contributed by atoms with Crippen molar-refractivity contribution in [3.63, 3.8) is 0 Å². The first-order chi connectivity index (χ1) is 13.2. The number of sulfone groups is 1. The van der Waals surface area contributed by atoms with Crippen LogP contribution in [0.1, 0.15) is 24.0 Å². The molecule has 4 rings (SSSR count). The number of nitrogens with zero attached hydrogens (tertiary/aromatic N) is 3. The Morgan fingerprint density at radius 1 is 1.29 bits per heavy atom. The van der Waals surface area contributed by atoms with E-state index < -0.39 is 15.3 Å². The Morgan fingerprint density at radius 2 is 2.04 bits per heavy atom. The zero-order valence-electron chi connectivity index (χ0n) is 15.7. The Bertz CT molecular complexity index is 1010. The highest BCUT2D eigenvalue weighted by Gasteiger charge is 2.48. The second kappa shape index (κ2) is 7.27. The van der Waals surface area contributed by atoms with Crippen LogP contribution in [-0.2, 0) is 33.1 Å². The molecule has 1 fully saturated rings. The molecule has 150 valence electrons. The number of amides is 1. The molecule has 2 aliphatic heterocycles. The van der Waals surface area contributed by atoms with Crippen LogP contribution in [0.2, 0.25) is 0 Å². The molecule has 0 aliphatic carbocycles. The molecule has 1 amide bonds. The van der Waals surface area contributed by atoms with E-state index in [0.717, 1.165) is 53.8 Å². The second-order valence-electron chi connectivity index (χ2n) is 7.74. The molecule has 0 saturated carbocycles. The summed E-state index contributed by atoms with van der Waals surface area (Å²) in [4.78, 5) is 15.1. The number of benzene rings is 1. The summed E-state index contributed by atoms with van der Waals surface area (Å²) in [7, 11) is -3.00. The fourth-order valence-electron chi connectivity index (χ4n) is 4.10. The van der Waals surface area contributed by atoms with Gasteiger partial charge in [0.1, 0.15) is 9.84 Å². The number of hydrogen-bond acceptors (Lipinski definition) is 5. The molecule has 28 heavy (non-hydrogen) atoms. The number of aromatic nitrogens is 2. The molecular weight excluding hydrogens is 444 g/mol. The van der Waals surface area contributed by atoms with Crippen molar-refractivity contribution >= 4 is 37.4 Å². The third kappa shape index (κ3) is 3.88. The van der Waals surface area contributed by atoms with Gasteiger partial charge in [-0.15, -0.1) is 0 Å². The fraction of sp³-hybridized carbons (Fsp3) is 0.474. The van der Waals surface area contributed by atoms with Gasteiger partial charge in [0.05, 0.1) is 23.9 Å². The van der Waals surface area contributed by atoms with Crippen molar-refractivity contribution in [2.24, 2.45) is 0 Å². The average molecular weight is 467 g/mol. The Kier molecular flexibility index (Phi) is 5.09. The molecule has 7 nitrogen and oxygen atoms in total.